The van der Waals surface area contributed by atoms with E-state index in [2.05, 4.69) is 25.2 Å². The standard InChI is InChI=1S/C10H15.3CH2O.Mn/c1-2-3-4-7-10-8-5-6-9-10;3*1-2;/h5,8H,2-4,6-7H2,1H3;3*1H2;/q-1;;;;. The molecule has 0 aliphatic heterocycles. The molecule has 0 amide bonds. The molecule has 0 aromatic rings. The van der Waals surface area contributed by atoms with Crippen LogP contribution in [-0.2, 0) is 31.5 Å². The molecule has 0 unspecified atom stereocenters. The molecule has 0 heterocycles. The maximum Gasteiger partial charge on any atom is 0.106 e. The van der Waals surface area contributed by atoms with Crippen LogP contribution >= 0.6 is 0 Å². The predicted octanol–water partition coefficient (Wildman–Crippen LogP) is 2.70. The van der Waals surface area contributed by atoms with Gasteiger partial charge < -0.3 is 14.4 Å². The minimum Gasteiger partial charge on any atom is -0.307 e. The van der Waals surface area contributed by atoms with Crippen LogP contribution in [0, 0.1) is 6.08 Å². The third kappa shape index (κ3) is 21.0. The third-order valence-electron chi connectivity index (χ3n) is 1.82. The van der Waals surface area contributed by atoms with Crippen LogP contribution in [0.1, 0.15) is 39.0 Å². The van der Waals surface area contributed by atoms with E-state index in [1.165, 1.54) is 31.3 Å². The first-order chi connectivity index (χ1) is 7.93. The van der Waals surface area contributed by atoms with Crippen molar-refractivity contribution in [3.63, 3.8) is 0 Å². The summed E-state index contributed by atoms with van der Waals surface area (Å²) >= 11 is 0. The molecule has 0 atom stereocenters. The van der Waals surface area contributed by atoms with Gasteiger partial charge >= 0.3 is 0 Å². The largest absolute Gasteiger partial charge is 0.307 e. The molecule has 0 aromatic carbocycles. The van der Waals surface area contributed by atoms with Gasteiger partial charge in [0.15, 0.2) is 0 Å². The minimum atomic E-state index is 0. The van der Waals surface area contributed by atoms with Crippen LogP contribution in [0.15, 0.2) is 17.7 Å². The van der Waals surface area contributed by atoms with Crippen molar-refractivity contribution in [2.24, 2.45) is 0 Å². The molecule has 1 radical (unpaired) electrons. The summed E-state index contributed by atoms with van der Waals surface area (Å²) in [5.41, 5.74) is 1.42. The van der Waals surface area contributed by atoms with Gasteiger partial charge in [0, 0.05) is 17.1 Å². The van der Waals surface area contributed by atoms with Crippen molar-refractivity contribution < 1.29 is 31.5 Å². The predicted molar refractivity (Wildman–Crippen MR) is 66.0 cm³/mol. The van der Waals surface area contributed by atoms with E-state index in [4.69, 9.17) is 14.4 Å². The van der Waals surface area contributed by atoms with Gasteiger partial charge in [0.25, 0.3) is 0 Å². The maximum atomic E-state index is 8.00. The Bertz CT molecular complexity index is 186. The number of hydrogen-bond acceptors (Lipinski definition) is 3. The van der Waals surface area contributed by atoms with Crippen LogP contribution in [0.25, 0.3) is 0 Å². The summed E-state index contributed by atoms with van der Waals surface area (Å²) in [7, 11) is 0. The number of allylic oxidation sites excluding steroid dienone is 4. The Labute approximate surface area is 115 Å². The molecule has 99 valence electrons. The second-order valence-electron chi connectivity index (χ2n) is 2.77. The van der Waals surface area contributed by atoms with Crippen molar-refractivity contribution in [3.05, 3.63) is 23.8 Å². The van der Waals surface area contributed by atoms with Gasteiger partial charge in [-0.2, -0.15) is 6.08 Å². The van der Waals surface area contributed by atoms with E-state index in [1.54, 1.807) is 0 Å². The first-order valence-corrected chi connectivity index (χ1v) is 5.06. The first kappa shape index (κ1) is 25.0. The molecular weight excluding hydrogens is 259 g/mol. The third-order valence-corrected chi connectivity index (χ3v) is 1.82. The van der Waals surface area contributed by atoms with Crippen LogP contribution in [0.2, 0.25) is 0 Å². The molecule has 1 aliphatic carbocycles. The van der Waals surface area contributed by atoms with E-state index >= 15 is 0 Å². The van der Waals surface area contributed by atoms with Crippen LogP contribution in [-0.4, -0.2) is 20.4 Å². The number of carbonyl (C=O) groups is 3. The normalized spacial score (nSPS) is 10.1. The van der Waals surface area contributed by atoms with Gasteiger partial charge in [-0.05, 0) is 0 Å². The van der Waals surface area contributed by atoms with Crippen molar-refractivity contribution in [1.29, 1.82) is 0 Å². The quantitative estimate of drug-likeness (QED) is 0.452. The molecule has 0 bridgehead atoms. The number of carbonyl (C=O) groups excluding carboxylic acids is 3. The van der Waals surface area contributed by atoms with E-state index in [-0.39, 0.29) is 17.1 Å². The van der Waals surface area contributed by atoms with E-state index in [0.717, 1.165) is 6.42 Å². The van der Waals surface area contributed by atoms with Gasteiger partial charge in [-0.3, -0.25) is 6.08 Å². The van der Waals surface area contributed by atoms with Crippen LogP contribution < -0.4 is 0 Å². The van der Waals surface area contributed by atoms with E-state index in [9.17, 15) is 0 Å². The van der Waals surface area contributed by atoms with Crippen molar-refractivity contribution in [1.82, 2.24) is 0 Å². The van der Waals surface area contributed by atoms with Gasteiger partial charge in [-0.1, -0.05) is 32.6 Å². The van der Waals surface area contributed by atoms with Gasteiger partial charge in [0.05, 0.1) is 0 Å². The molecule has 0 saturated carbocycles. The second kappa shape index (κ2) is 29.4. The topological polar surface area (TPSA) is 51.2 Å². The molecule has 0 spiro atoms. The Kier molecular flexibility index (Phi) is 43.3. The fourth-order valence-corrected chi connectivity index (χ4v) is 1.19. The van der Waals surface area contributed by atoms with Crippen molar-refractivity contribution in [3.8, 4) is 0 Å². The Morgan fingerprint density at radius 2 is 1.65 bits per heavy atom. The van der Waals surface area contributed by atoms with Gasteiger partial charge in [-0.15, -0.1) is 6.42 Å². The maximum absolute atomic E-state index is 8.00. The van der Waals surface area contributed by atoms with Gasteiger partial charge in [0.1, 0.15) is 20.4 Å². The summed E-state index contributed by atoms with van der Waals surface area (Å²) in [5, 5.41) is 0. The zero-order valence-corrected chi connectivity index (χ0v) is 11.6. The molecule has 1 aliphatic rings. The molecule has 0 N–H and O–H groups in total. The summed E-state index contributed by atoms with van der Waals surface area (Å²) in [5.74, 6) is 0. The Hall–Kier alpha value is -0.991. The Morgan fingerprint density at radius 3 is 2.00 bits per heavy atom. The zero-order valence-electron chi connectivity index (χ0n) is 10.4. The Morgan fingerprint density at radius 1 is 1.12 bits per heavy atom. The molecule has 4 heteroatoms. The first-order valence-electron chi connectivity index (χ1n) is 5.06. The van der Waals surface area contributed by atoms with Gasteiger partial charge in [0.2, 0.25) is 0 Å². The molecule has 3 nitrogen and oxygen atoms in total. The minimum absolute atomic E-state index is 0. The molecule has 0 fully saturated rings. The molecule has 1 rings (SSSR count). The van der Waals surface area contributed by atoms with Crippen molar-refractivity contribution >= 4 is 20.4 Å². The summed E-state index contributed by atoms with van der Waals surface area (Å²) in [6, 6.07) is 0. The molecule has 0 saturated heterocycles. The summed E-state index contributed by atoms with van der Waals surface area (Å²) in [6.45, 7) is 8.24. The fraction of sp³-hybridized carbons (Fsp3) is 0.462. The molecule has 0 aromatic heterocycles. The summed E-state index contributed by atoms with van der Waals surface area (Å²) in [6.07, 6.45) is 14.0. The molecule has 17 heavy (non-hydrogen) atoms. The van der Waals surface area contributed by atoms with Crippen molar-refractivity contribution in [2.45, 2.75) is 39.0 Å². The number of hydrogen-bond donors (Lipinski definition) is 0. The van der Waals surface area contributed by atoms with E-state index < -0.39 is 0 Å². The van der Waals surface area contributed by atoms with E-state index in [1.807, 2.05) is 20.4 Å². The Balaban J connectivity index is -0.000000106. The second-order valence-corrected chi connectivity index (χ2v) is 2.77. The van der Waals surface area contributed by atoms with E-state index in [0.29, 0.717) is 0 Å². The SMILES string of the molecule is C=O.C=O.C=O.CCCCCC1=[C-]CC=C1.[Mn]. The fourth-order valence-electron chi connectivity index (χ4n) is 1.19. The van der Waals surface area contributed by atoms with Gasteiger partial charge in [-0.25, -0.2) is 11.6 Å². The van der Waals surface area contributed by atoms with Crippen LogP contribution in [0.5, 0.6) is 0 Å². The van der Waals surface area contributed by atoms with Crippen LogP contribution in [0.3, 0.4) is 0 Å². The smallest absolute Gasteiger partial charge is 0.106 e. The molecular formula is C13H21MnO3-. The monoisotopic (exact) mass is 280 g/mol. The number of rotatable bonds is 4. The number of unbranched alkanes of at least 4 members (excludes halogenated alkanes) is 2. The zero-order chi connectivity index (χ0) is 13.2. The summed E-state index contributed by atoms with van der Waals surface area (Å²) < 4.78 is 0. The average Bonchev–Trinajstić information content (AvgIpc) is 2.90. The average molecular weight is 280 g/mol. The summed E-state index contributed by atoms with van der Waals surface area (Å²) in [4.78, 5) is 24.0. The van der Waals surface area contributed by atoms with Crippen LogP contribution in [0.4, 0.5) is 0 Å². The van der Waals surface area contributed by atoms with Crippen molar-refractivity contribution in [2.75, 3.05) is 0 Å².